The Balaban J connectivity index is 0.00000180. The Kier molecular flexibility index (Phi) is 5.75. The van der Waals surface area contributed by atoms with Crippen molar-refractivity contribution < 1.29 is 9.53 Å². The number of nitrogens with zero attached hydrogens (tertiary/aromatic N) is 3. The molecule has 19 heavy (non-hydrogen) atoms. The Bertz CT molecular complexity index is 576. The number of benzene rings is 1. The molecule has 1 aromatic carbocycles. The maximum Gasteiger partial charge on any atom is 0.434 e. The molecule has 0 N–H and O–H groups in total. The fraction of sp³-hybridized carbons (Fsp3) is 0.154. The van der Waals surface area contributed by atoms with E-state index >= 15 is 0 Å². The lowest BCUT2D eigenvalue weighted by Gasteiger charge is -2.03. The van der Waals surface area contributed by atoms with Gasteiger partial charge in [0, 0.05) is 6.20 Å². The van der Waals surface area contributed by atoms with E-state index in [-0.39, 0.29) is 12.4 Å². The molecule has 0 saturated carbocycles. The van der Waals surface area contributed by atoms with E-state index in [1.807, 2.05) is 30.3 Å². The number of para-hydroxylation sites is 1. The van der Waals surface area contributed by atoms with Crippen LogP contribution in [0, 0.1) is 0 Å². The number of carbonyl (C=O) groups is 1. The van der Waals surface area contributed by atoms with Gasteiger partial charge in [-0.2, -0.15) is 10.1 Å². The van der Waals surface area contributed by atoms with Gasteiger partial charge in [-0.15, -0.1) is 12.4 Å². The van der Waals surface area contributed by atoms with Crippen molar-refractivity contribution in [2.45, 2.75) is 6.92 Å². The van der Waals surface area contributed by atoms with Crippen LogP contribution in [0.3, 0.4) is 0 Å². The van der Waals surface area contributed by atoms with Gasteiger partial charge in [0.25, 0.3) is 0 Å². The summed E-state index contributed by atoms with van der Waals surface area (Å²) >= 11 is 0. The normalized spacial score (nSPS) is 10.7. The lowest BCUT2D eigenvalue weighted by molar-refractivity contribution is 0.162. The molecular weight excluding hydrogens is 266 g/mol. The Morgan fingerprint density at radius 1 is 1.32 bits per heavy atom. The summed E-state index contributed by atoms with van der Waals surface area (Å²) in [5, 5.41) is 4.65. The Morgan fingerprint density at radius 3 is 2.63 bits per heavy atom. The highest BCUT2D eigenvalue weighted by molar-refractivity contribution is 5.85. The summed E-state index contributed by atoms with van der Waals surface area (Å²) in [6.07, 6.45) is 2.66. The minimum atomic E-state index is -0.600. The summed E-state index contributed by atoms with van der Waals surface area (Å²) in [5.41, 5.74) is 0.945. The highest BCUT2D eigenvalue weighted by atomic mass is 35.5. The van der Waals surface area contributed by atoms with Crippen molar-refractivity contribution in [3.8, 4) is 5.69 Å². The smallest absolute Gasteiger partial charge is 0.434 e. The predicted molar refractivity (Wildman–Crippen MR) is 73.4 cm³/mol. The predicted octanol–water partition coefficient (Wildman–Crippen LogP) is 2.35. The van der Waals surface area contributed by atoms with Crippen LogP contribution in [-0.4, -0.2) is 22.5 Å². The van der Waals surface area contributed by atoms with Gasteiger partial charge < -0.3 is 4.74 Å². The summed E-state index contributed by atoms with van der Waals surface area (Å²) in [6.45, 7) is 2.05. The largest absolute Gasteiger partial charge is 0.448 e. The Labute approximate surface area is 117 Å². The second-order valence-corrected chi connectivity index (χ2v) is 3.48. The number of carbonyl (C=O) groups excluding carboxylic acids is 1. The van der Waals surface area contributed by atoms with Gasteiger partial charge in [0.2, 0.25) is 0 Å². The van der Waals surface area contributed by atoms with Crippen LogP contribution in [0.5, 0.6) is 0 Å². The molecule has 0 fully saturated rings. The minimum absolute atomic E-state index is 0. The Morgan fingerprint density at radius 2 is 2.05 bits per heavy atom. The number of ether oxygens (including phenoxy) is 1. The van der Waals surface area contributed by atoms with E-state index in [9.17, 15) is 4.79 Å². The zero-order chi connectivity index (χ0) is 12.8. The third-order valence-corrected chi connectivity index (χ3v) is 2.21. The molecular formula is C13H14ClN3O2. The van der Waals surface area contributed by atoms with Crippen LogP contribution < -0.4 is 5.36 Å². The molecule has 0 atom stereocenters. The zero-order valence-electron chi connectivity index (χ0n) is 10.4. The topological polar surface area (TPSA) is 56.5 Å². The molecule has 2 aromatic rings. The average molecular weight is 280 g/mol. The van der Waals surface area contributed by atoms with Gasteiger partial charge in [-0.3, -0.25) is 0 Å². The number of amides is 1. The molecule has 0 radical (unpaired) electrons. The molecule has 0 unspecified atom stereocenters. The van der Waals surface area contributed by atoms with E-state index in [4.69, 9.17) is 4.74 Å². The molecule has 1 amide bonds. The molecule has 5 nitrogen and oxygen atoms in total. The maximum absolute atomic E-state index is 11.1. The molecule has 1 aromatic heterocycles. The van der Waals surface area contributed by atoms with Crippen LogP contribution in [0.25, 0.3) is 5.69 Å². The van der Waals surface area contributed by atoms with Crippen LogP contribution in [-0.2, 0) is 4.74 Å². The first kappa shape index (κ1) is 14.9. The third-order valence-electron chi connectivity index (χ3n) is 2.21. The average Bonchev–Trinajstić information content (AvgIpc) is 2.41. The van der Waals surface area contributed by atoms with Crippen molar-refractivity contribution in [2.24, 2.45) is 4.99 Å². The van der Waals surface area contributed by atoms with Gasteiger partial charge in [-0.05, 0) is 25.1 Å². The first-order valence-electron chi connectivity index (χ1n) is 5.61. The van der Waals surface area contributed by atoms with Crippen molar-refractivity contribution in [3.05, 3.63) is 54.1 Å². The summed E-state index contributed by atoms with van der Waals surface area (Å²) in [7, 11) is 0. The van der Waals surface area contributed by atoms with Crippen molar-refractivity contribution in [2.75, 3.05) is 6.61 Å². The van der Waals surface area contributed by atoms with Gasteiger partial charge in [0.15, 0.2) is 0 Å². The highest BCUT2D eigenvalue weighted by Gasteiger charge is 1.97. The first-order chi connectivity index (χ1) is 8.79. The molecule has 1 heterocycles. The second kappa shape index (κ2) is 7.33. The molecule has 0 aliphatic rings. The quantitative estimate of drug-likeness (QED) is 0.848. The number of hydrogen-bond donors (Lipinski definition) is 0. The summed E-state index contributed by atoms with van der Waals surface area (Å²) in [5.74, 6) is 0. The molecule has 0 spiro atoms. The van der Waals surface area contributed by atoms with Crippen molar-refractivity contribution >= 4 is 18.5 Å². The summed E-state index contributed by atoms with van der Waals surface area (Å²) in [6, 6.07) is 11.4. The highest BCUT2D eigenvalue weighted by Crippen LogP contribution is 2.02. The molecule has 0 saturated heterocycles. The minimum Gasteiger partial charge on any atom is -0.448 e. The van der Waals surface area contributed by atoms with Crippen LogP contribution >= 0.6 is 12.4 Å². The zero-order valence-corrected chi connectivity index (χ0v) is 11.2. The second-order valence-electron chi connectivity index (χ2n) is 3.48. The van der Waals surface area contributed by atoms with Crippen molar-refractivity contribution in [1.82, 2.24) is 9.78 Å². The van der Waals surface area contributed by atoms with Gasteiger partial charge in [-0.25, -0.2) is 9.48 Å². The van der Waals surface area contributed by atoms with E-state index in [2.05, 4.69) is 10.1 Å². The standard InChI is InChI=1S/C13H13N3O2.ClH/c1-2-18-13(17)15-11-8-9-16(14-10-11)12-6-4-3-5-7-12;/h3-10H,2H2,1H3;1H/b15-11+;. The molecule has 0 aliphatic carbocycles. The monoisotopic (exact) mass is 279 g/mol. The summed E-state index contributed by atoms with van der Waals surface area (Å²) in [4.78, 5) is 14.9. The first-order valence-corrected chi connectivity index (χ1v) is 5.61. The summed E-state index contributed by atoms with van der Waals surface area (Å²) < 4.78 is 6.42. The van der Waals surface area contributed by atoms with Gasteiger partial charge >= 0.3 is 6.09 Å². The number of halogens is 1. The SMILES string of the molecule is CCOC(=O)/N=c1\ccn(-c2ccccc2)nc1.Cl. The van der Waals surface area contributed by atoms with Crippen LogP contribution in [0.2, 0.25) is 0 Å². The molecule has 2 rings (SSSR count). The van der Waals surface area contributed by atoms with E-state index < -0.39 is 6.09 Å². The van der Waals surface area contributed by atoms with E-state index in [1.165, 1.54) is 6.20 Å². The van der Waals surface area contributed by atoms with E-state index in [1.54, 1.807) is 23.9 Å². The van der Waals surface area contributed by atoms with Crippen molar-refractivity contribution in [1.29, 1.82) is 0 Å². The fourth-order valence-electron chi connectivity index (χ4n) is 1.41. The van der Waals surface area contributed by atoms with Gasteiger partial charge in [0.1, 0.15) is 0 Å². The number of hydrogen-bond acceptors (Lipinski definition) is 3. The van der Waals surface area contributed by atoms with Gasteiger partial charge in [0.05, 0.1) is 23.8 Å². The maximum atomic E-state index is 11.1. The fourth-order valence-corrected chi connectivity index (χ4v) is 1.41. The van der Waals surface area contributed by atoms with E-state index in [0.717, 1.165) is 5.69 Å². The van der Waals surface area contributed by atoms with Gasteiger partial charge in [-0.1, -0.05) is 18.2 Å². The van der Waals surface area contributed by atoms with E-state index in [0.29, 0.717) is 12.0 Å². The lowest BCUT2D eigenvalue weighted by Crippen LogP contribution is -2.11. The number of rotatable bonds is 2. The van der Waals surface area contributed by atoms with Crippen LogP contribution in [0.4, 0.5) is 4.79 Å². The Hall–Kier alpha value is -2.14. The lowest BCUT2D eigenvalue weighted by atomic mass is 10.3. The number of aromatic nitrogens is 2. The molecule has 0 aliphatic heterocycles. The third kappa shape index (κ3) is 4.22. The van der Waals surface area contributed by atoms with Crippen molar-refractivity contribution in [3.63, 3.8) is 0 Å². The molecule has 0 bridgehead atoms. The van der Waals surface area contributed by atoms with Crippen LogP contribution in [0.1, 0.15) is 6.92 Å². The molecule has 100 valence electrons. The molecule has 6 heteroatoms. The van der Waals surface area contributed by atoms with Crippen LogP contribution in [0.15, 0.2) is 53.8 Å².